The summed E-state index contributed by atoms with van der Waals surface area (Å²) in [7, 11) is -4.40. The summed E-state index contributed by atoms with van der Waals surface area (Å²) in [6.45, 7) is 3.54. The van der Waals surface area contributed by atoms with E-state index in [-0.39, 0.29) is 32.6 Å². The van der Waals surface area contributed by atoms with Crippen LogP contribution < -0.4 is 5.73 Å². The molecule has 0 aromatic heterocycles. The van der Waals surface area contributed by atoms with E-state index in [1.807, 2.05) is 12.2 Å². The molecule has 0 aliphatic heterocycles. The van der Waals surface area contributed by atoms with Gasteiger partial charge in [-0.15, -0.1) is 0 Å². The van der Waals surface area contributed by atoms with E-state index in [1.165, 1.54) is 89.9 Å². The largest absolute Gasteiger partial charge is 0.472 e. The van der Waals surface area contributed by atoms with E-state index in [1.54, 1.807) is 0 Å². The third-order valence-corrected chi connectivity index (χ3v) is 10.1. The zero-order valence-corrected chi connectivity index (χ0v) is 36.9. The van der Waals surface area contributed by atoms with Crippen LogP contribution in [0, 0.1) is 0 Å². The number of carbonyl (C=O) groups excluding carboxylic acids is 2. The van der Waals surface area contributed by atoms with Gasteiger partial charge in [-0.2, -0.15) is 0 Å². The first-order valence-corrected chi connectivity index (χ1v) is 23.9. The highest BCUT2D eigenvalue weighted by Gasteiger charge is 2.25. The van der Waals surface area contributed by atoms with Crippen molar-refractivity contribution in [1.29, 1.82) is 0 Å². The zero-order valence-electron chi connectivity index (χ0n) is 36.0. The molecule has 0 heterocycles. The van der Waals surface area contributed by atoms with Crippen LogP contribution in [0.2, 0.25) is 0 Å². The third-order valence-electron chi connectivity index (χ3n) is 9.12. The third kappa shape index (κ3) is 42.9. The maximum atomic E-state index is 12.6. The van der Waals surface area contributed by atoms with Gasteiger partial charge in [0.2, 0.25) is 0 Å². The van der Waals surface area contributed by atoms with E-state index >= 15 is 0 Å². The normalized spacial score (nSPS) is 14.0. The van der Waals surface area contributed by atoms with Gasteiger partial charge in [-0.25, -0.2) is 4.57 Å². The van der Waals surface area contributed by atoms with E-state index in [0.29, 0.717) is 6.42 Å². The molecule has 2 atom stereocenters. The van der Waals surface area contributed by atoms with Crippen LogP contribution >= 0.6 is 7.82 Å². The maximum Gasteiger partial charge on any atom is 0.472 e. The van der Waals surface area contributed by atoms with Crippen molar-refractivity contribution >= 4 is 19.8 Å². The number of phosphoric ester groups is 1. The predicted octanol–water partition coefficient (Wildman–Crippen LogP) is 13.1. The number of phosphoric acid groups is 1. The summed E-state index contributed by atoms with van der Waals surface area (Å²) in [6, 6.07) is 0. The second kappa shape index (κ2) is 43.0. The van der Waals surface area contributed by atoms with Crippen LogP contribution in [0.4, 0.5) is 0 Å². The van der Waals surface area contributed by atoms with Crippen LogP contribution in [0.25, 0.3) is 0 Å². The van der Waals surface area contributed by atoms with Gasteiger partial charge in [-0.3, -0.25) is 18.6 Å². The van der Waals surface area contributed by atoms with Gasteiger partial charge in [-0.1, -0.05) is 189 Å². The van der Waals surface area contributed by atoms with E-state index in [4.69, 9.17) is 24.3 Å². The summed E-state index contributed by atoms with van der Waals surface area (Å²) in [5, 5.41) is 0. The molecule has 0 rings (SSSR count). The van der Waals surface area contributed by atoms with Gasteiger partial charge in [0.05, 0.1) is 13.2 Å². The van der Waals surface area contributed by atoms with Gasteiger partial charge in [-0.05, 0) is 51.4 Å². The van der Waals surface area contributed by atoms with E-state index in [2.05, 4.69) is 74.6 Å². The Morgan fingerprint density at radius 3 is 1.40 bits per heavy atom. The minimum atomic E-state index is -4.40. The zero-order chi connectivity index (χ0) is 41.8. The first kappa shape index (κ1) is 54.5. The lowest BCUT2D eigenvalue weighted by atomic mass is 10.0. The van der Waals surface area contributed by atoms with Gasteiger partial charge in [0.25, 0.3) is 0 Å². The topological polar surface area (TPSA) is 134 Å². The maximum absolute atomic E-state index is 12.6. The number of allylic oxidation sites excluding steroid dienone is 12. The molecule has 0 aromatic rings. The van der Waals surface area contributed by atoms with Gasteiger partial charge in [0.15, 0.2) is 6.10 Å². The number of carbonyl (C=O) groups is 2. The minimum absolute atomic E-state index is 0.0396. The van der Waals surface area contributed by atoms with E-state index < -0.39 is 32.5 Å². The summed E-state index contributed by atoms with van der Waals surface area (Å²) in [4.78, 5) is 34.9. The monoisotopic (exact) mass is 820 g/mol. The quantitative estimate of drug-likeness (QED) is 0.0267. The lowest BCUT2D eigenvalue weighted by Gasteiger charge is -2.19. The molecule has 57 heavy (non-hydrogen) atoms. The van der Waals surface area contributed by atoms with Gasteiger partial charge >= 0.3 is 19.8 Å². The Labute approximate surface area is 348 Å². The molecule has 0 radical (unpaired) electrons. The molecular weight excluding hydrogens is 737 g/mol. The molecule has 0 aromatic carbocycles. The Balaban J connectivity index is 4.26. The molecule has 0 saturated heterocycles. The highest BCUT2D eigenvalue weighted by Crippen LogP contribution is 2.43. The summed E-state index contributed by atoms with van der Waals surface area (Å²) in [5.74, 6) is -0.926. The van der Waals surface area contributed by atoms with Crippen molar-refractivity contribution in [3.8, 4) is 0 Å². The van der Waals surface area contributed by atoms with Gasteiger partial charge in [0.1, 0.15) is 6.61 Å². The fourth-order valence-electron chi connectivity index (χ4n) is 5.84. The summed E-state index contributed by atoms with van der Waals surface area (Å²) in [5.41, 5.74) is 5.34. The van der Waals surface area contributed by atoms with Crippen LogP contribution in [0.1, 0.15) is 181 Å². The van der Waals surface area contributed by atoms with Gasteiger partial charge < -0.3 is 20.1 Å². The summed E-state index contributed by atoms with van der Waals surface area (Å²) in [6.07, 6.45) is 52.3. The Bertz CT molecular complexity index is 1160. The number of nitrogens with two attached hydrogens (primary N) is 1. The number of hydrogen-bond donors (Lipinski definition) is 2. The molecule has 0 bridgehead atoms. The molecule has 9 nitrogen and oxygen atoms in total. The van der Waals surface area contributed by atoms with Crippen LogP contribution in [-0.4, -0.2) is 49.3 Å². The highest BCUT2D eigenvalue weighted by molar-refractivity contribution is 7.47. The van der Waals surface area contributed by atoms with E-state index in [9.17, 15) is 19.0 Å². The van der Waals surface area contributed by atoms with Crippen LogP contribution in [0.15, 0.2) is 72.9 Å². The van der Waals surface area contributed by atoms with Crippen molar-refractivity contribution in [3.05, 3.63) is 72.9 Å². The Morgan fingerprint density at radius 1 is 0.544 bits per heavy atom. The second-order valence-electron chi connectivity index (χ2n) is 14.5. The number of ether oxygens (including phenoxy) is 2. The molecule has 1 unspecified atom stereocenters. The Morgan fingerprint density at radius 2 is 0.965 bits per heavy atom. The van der Waals surface area contributed by atoms with E-state index in [0.717, 1.165) is 57.8 Å². The average Bonchev–Trinajstić information content (AvgIpc) is 3.20. The number of esters is 2. The van der Waals surface area contributed by atoms with Crippen molar-refractivity contribution in [2.45, 2.75) is 187 Å². The molecular formula is C47H82NO8P. The molecule has 3 N–H and O–H groups in total. The summed E-state index contributed by atoms with van der Waals surface area (Å²) >= 11 is 0. The fraction of sp³-hybridized carbons (Fsp3) is 0.702. The number of rotatable bonds is 41. The first-order chi connectivity index (χ1) is 27.8. The lowest BCUT2D eigenvalue weighted by Crippen LogP contribution is -2.29. The van der Waals surface area contributed by atoms with Crippen LogP contribution in [0.5, 0.6) is 0 Å². The molecule has 0 amide bonds. The van der Waals surface area contributed by atoms with Crippen molar-refractivity contribution in [2.24, 2.45) is 5.73 Å². The fourth-order valence-corrected chi connectivity index (χ4v) is 6.60. The molecule has 0 aliphatic rings. The highest BCUT2D eigenvalue weighted by atomic mass is 31.2. The predicted molar refractivity (Wildman–Crippen MR) is 238 cm³/mol. The Kier molecular flexibility index (Phi) is 41.1. The smallest absolute Gasteiger partial charge is 0.462 e. The van der Waals surface area contributed by atoms with Crippen LogP contribution in [0.3, 0.4) is 0 Å². The molecule has 0 saturated carbocycles. The van der Waals surface area contributed by atoms with Crippen molar-refractivity contribution < 1.29 is 37.6 Å². The SMILES string of the molecule is CC/C=C\C/C=C\C/C=C\C/C=C\C/C=C\C/C=C\CCC(=O)O[C@H](COC(=O)CCCCCCCCCCCCCCCCCCC)COP(=O)(O)OCCN. The number of hydrogen-bond acceptors (Lipinski definition) is 8. The lowest BCUT2D eigenvalue weighted by molar-refractivity contribution is -0.161. The average molecular weight is 820 g/mol. The van der Waals surface area contributed by atoms with Crippen LogP contribution in [-0.2, 0) is 32.7 Å². The molecule has 0 aliphatic carbocycles. The van der Waals surface area contributed by atoms with Crippen molar-refractivity contribution in [3.63, 3.8) is 0 Å². The second-order valence-corrected chi connectivity index (χ2v) is 16.0. The van der Waals surface area contributed by atoms with Gasteiger partial charge in [0, 0.05) is 19.4 Å². The minimum Gasteiger partial charge on any atom is -0.462 e. The molecule has 10 heteroatoms. The first-order valence-electron chi connectivity index (χ1n) is 22.4. The Hall–Kier alpha value is -2.55. The van der Waals surface area contributed by atoms with Crippen molar-refractivity contribution in [2.75, 3.05) is 26.4 Å². The molecule has 0 spiro atoms. The standard InChI is InChI=1S/C47H82NO8P/c1-3-5-7-9-11-13-15-17-19-21-22-24-26-28-30-32-34-36-38-40-47(50)56-45(44-55-57(51,52)54-42-41-48)43-53-46(49)39-37-35-33-31-29-27-25-23-20-18-16-14-12-10-8-6-4-2/h5,7,11,13,17,19,22,24,28,30,34,36,45H,3-4,6,8-10,12,14-16,18,20-21,23,25-27,29,31-33,35,37-44,48H2,1-2H3,(H,51,52)/b7-5-,13-11-,19-17-,24-22-,30-28-,36-34-/t45-/m1/s1. The van der Waals surface area contributed by atoms with Crippen molar-refractivity contribution in [1.82, 2.24) is 0 Å². The summed E-state index contributed by atoms with van der Waals surface area (Å²) < 4.78 is 32.7. The molecule has 0 fully saturated rings. The molecule has 328 valence electrons. The number of unbranched alkanes of at least 4 members (excludes halogenated alkanes) is 16.